The molecule has 6 heterocycles. The van der Waals surface area contributed by atoms with Gasteiger partial charge in [-0.3, -0.25) is 9.59 Å². The molecule has 2 aromatic heterocycles. The SMILES string of the molecule is C[Si](C)(C)CCOCO[C@H]1c2cc3c(cc2[C@@H](c2ccc(F)nc2)C(C(=O)N2CCC[C@H]2O)[C@@H]1CO)OCO3.O=C1OC[C@H]2[C@H]1[C@H](c1ccc(F)nc1)c1cc3c(cc1[C@@H]2O)OCO3.P=S.[Ti]. The zero-order valence-corrected chi connectivity index (χ0v) is 41.4. The number of amides is 1. The van der Waals surface area contributed by atoms with Crippen molar-refractivity contribution in [2.75, 3.05) is 46.7 Å². The predicted molar refractivity (Wildman–Crippen MR) is 240 cm³/mol. The third kappa shape index (κ3) is 10.5. The van der Waals surface area contributed by atoms with E-state index < -0.39 is 62.1 Å². The summed E-state index contributed by atoms with van der Waals surface area (Å²) >= 11 is 3.89. The van der Waals surface area contributed by atoms with Crippen LogP contribution in [0.5, 0.6) is 23.0 Å². The Balaban J connectivity index is 0.000000205. The van der Waals surface area contributed by atoms with Gasteiger partial charge < -0.3 is 53.4 Å². The van der Waals surface area contributed by atoms with Crippen molar-refractivity contribution in [3.05, 3.63) is 106 Å². The van der Waals surface area contributed by atoms with E-state index in [2.05, 4.69) is 49.4 Å². The molecule has 4 aliphatic heterocycles. The summed E-state index contributed by atoms with van der Waals surface area (Å²) in [5, 5.41) is 32.1. The second-order valence-corrected chi connectivity index (χ2v) is 23.8. The van der Waals surface area contributed by atoms with Crippen molar-refractivity contribution in [2.45, 2.75) is 68.8 Å². The number of carbonyl (C=O) groups excluding carboxylic acids is 2. The van der Waals surface area contributed by atoms with Crippen LogP contribution in [0.15, 0.2) is 60.9 Å². The smallest absolute Gasteiger partial charge is 0.310 e. The van der Waals surface area contributed by atoms with Gasteiger partial charge in [0.25, 0.3) is 0 Å². The van der Waals surface area contributed by atoms with Gasteiger partial charge in [-0.1, -0.05) is 43.6 Å². The molecule has 0 spiro atoms. The van der Waals surface area contributed by atoms with Crippen LogP contribution in [-0.4, -0.2) is 103 Å². The van der Waals surface area contributed by atoms with Gasteiger partial charge in [-0.15, -0.1) is 0 Å². The van der Waals surface area contributed by atoms with Crippen LogP contribution in [0.25, 0.3) is 0 Å². The van der Waals surface area contributed by atoms with Crippen LogP contribution in [0, 0.1) is 35.6 Å². The van der Waals surface area contributed by atoms with Crippen molar-refractivity contribution in [3.63, 3.8) is 0 Å². The quantitative estimate of drug-likeness (QED) is 0.0411. The van der Waals surface area contributed by atoms with Gasteiger partial charge in [0.05, 0.1) is 30.7 Å². The molecule has 3 N–H and O–H groups in total. The van der Waals surface area contributed by atoms with Gasteiger partial charge in [0.15, 0.2) is 23.0 Å². The first-order valence-electron chi connectivity index (χ1n) is 21.7. The van der Waals surface area contributed by atoms with E-state index in [1.807, 2.05) is 12.1 Å². The van der Waals surface area contributed by atoms with Gasteiger partial charge >= 0.3 is 5.97 Å². The fourth-order valence-electron chi connectivity index (χ4n) is 9.92. The minimum Gasteiger partial charge on any atom is -0.465 e. The first-order valence-corrected chi connectivity index (χ1v) is 27.1. The standard InChI is InChI=1S/C28H37FN2O7Si.C18H14FNO5.HPS.Ti/c1-39(2,3)10-9-35-15-38-27-19-12-22-21(36-16-37-22)11-18(19)25(17-6-7-23(29)30-13-17)26(20(27)14-32)28(34)31-8-4-5-24(31)33;19-14-2-1-8(5-20-14)15-9-3-12-13(25-7-24-12)4-10(9)17(21)11-6-23-18(22)16(11)15;1-2;/h6-7,11-13,20,24-27,32-33H,4-5,8-10,14-16H2,1-3H3;1-5,11,15-17,21H,6-7H2;1H;/t20-,24+,25+,26?,27-;11-,15+,16-,17-;;/m00../s1. The average molecular weight is 1020 g/mol. The summed E-state index contributed by atoms with van der Waals surface area (Å²) in [4.78, 5) is 35.5. The number of fused-ring (bicyclic) bond motifs is 5. The molecular weight excluding hydrogens is 964 g/mol. The van der Waals surface area contributed by atoms with Gasteiger partial charge in [0, 0.05) is 85.6 Å². The van der Waals surface area contributed by atoms with Crippen molar-refractivity contribution in [2.24, 2.45) is 23.7 Å². The van der Waals surface area contributed by atoms with Gasteiger partial charge in [-0.25, -0.2) is 9.97 Å². The molecular formula is C46H52F2N3O12PSSiTi. The Labute approximate surface area is 409 Å². The Morgan fingerprint density at radius 1 is 0.851 bits per heavy atom. The number of carbonyl (C=O) groups is 2. The molecule has 2 aromatic carbocycles. The molecule has 4 aromatic rings. The Bertz CT molecular complexity index is 2410. The predicted octanol–water partition coefficient (Wildman–Crippen LogP) is 6.14. The number of benzene rings is 2. The van der Waals surface area contributed by atoms with E-state index >= 15 is 0 Å². The Kier molecular flexibility index (Phi) is 16.5. The minimum absolute atomic E-state index is 0. The summed E-state index contributed by atoms with van der Waals surface area (Å²) in [6.45, 7) is 7.78. The van der Waals surface area contributed by atoms with E-state index in [9.17, 15) is 33.7 Å². The average Bonchev–Trinajstić information content (AvgIpc) is 4.14. The molecule has 9 atom stereocenters. The normalized spacial score (nSPS) is 26.1. The number of nitrogens with zero attached hydrogens (tertiary/aromatic N) is 3. The molecule has 2 fully saturated rings. The first kappa shape index (κ1) is 50.9. The fraction of sp³-hybridized carbons (Fsp3) is 0.478. The van der Waals surface area contributed by atoms with E-state index in [0.29, 0.717) is 65.7 Å². The summed E-state index contributed by atoms with van der Waals surface area (Å²) in [5.74, 6) is -3.02. The van der Waals surface area contributed by atoms with Crippen LogP contribution in [0.4, 0.5) is 8.78 Å². The Hall–Kier alpha value is -4.01. The Morgan fingerprint density at radius 3 is 1.93 bits per heavy atom. The van der Waals surface area contributed by atoms with Crippen LogP contribution in [-0.2, 0) is 57.3 Å². The van der Waals surface area contributed by atoms with Crippen molar-refractivity contribution in [1.82, 2.24) is 14.9 Å². The summed E-state index contributed by atoms with van der Waals surface area (Å²) in [7, 11) is 1.26. The van der Waals surface area contributed by atoms with Gasteiger partial charge in [0.2, 0.25) is 31.4 Å². The Morgan fingerprint density at radius 2 is 1.40 bits per heavy atom. The number of halogens is 2. The largest absolute Gasteiger partial charge is 0.465 e. The molecule has 356 valence electrons. The van der Waals surface area contributed by atoms with E-state index in [1.54, 1.807) is 24.3 Å². The zero-order valence-electron chi connectivity index (χ0n) is 37.1. The van der Waals surface area contributed by atoms with Crippen molar-refractivity contribution >= 4 is 39.8 Å². The number of pyridine rings is 2. The molecule has 0 radical (unpaired) electrons. The van der Waals surface area contributed by atoms with E-state index in [0.717, 1.165) is 22.7 Å². The molecule has 10 rings (SSSR count). The number of hydrogen-bond donors (Lipinski definition) is 3. The number of cyclic esters (lactones) is 1. The summed E-state index contributed by atoms with van der Waals surface area (Å²) in [6.07, 6.45) is 1.60. The van der Waals surface area contributed by atoms with Gasteiger partial charge in [0.1, 0.15) is 13.0 Å². The van der Waals surface area contributed by atoms with E-state index in [1.165, 1.54) is 29.4 Å². The summed E-state index contributed by atoms with van der Waals surface area (Å²) in [5.41, 5.74) is 4.24. The zero-order chi connectivity index (χ0) is 46.9. The fourth-order valence-corrected chi connectivity index (χ4v) is 10.7. The van der Waals surface area contributed by atoms with Crippen molar-refractivity contribution in [3.8, 4) is 23.0 Å². The molecule has 1 amide bonds. The number of esters is 1. The van der Waals surface area contributed by atoms with Crippen LogP contribution in [0.2, 0.25) is 25.7 Å². The number of aliphatic hydroxyl groups is 3. The number of rotatable bonds is 10. The van der Waals surface area contributed by atoms with Gasteiger partial charge in [-0.2, -0.15) is 8.78 Å². The van der Waals surface area contributed by atoms with Crippen molar-refractivity contribution in [1.29, 1.82) is 0 Å². The molecule has 21 heteroatoms. The molecule has 0 bridgehead atoms. The second-order valence-electron chi connectivity index (χ2n) is 18.2. The molecule has 2 saturated heterocycles. The molecule has 67 heavy (non-hydrogen) atoms. The maximum absolute atomic E-state index is 14.1. The minimum atomic E-state index is -1.29. The first-order chi connectivity index (χ1) is 31.8. The number of aromatic nitrogens is 2. The van der Waals surface area contributed by atoms with Crippen molar-refractivity contribution < 1.29 is 88.6 Å². The monoisotopic (exact) mass is 1020 g/mol. The maximum atomic E-state index is 14.1. The third-order valence-electron chi connectivity index (χ3n) is 13.1. The molecule has 6 aliphatic rings. The van der Waals surface area contributed by atoms with Crippen LogP contribution in [0.1, 0.15) is 70.3 Å². The molecule has 15 nitrogen and oxygen atoms in total. The third-order valence-corrected chi connectivity index (χ3v) is 14.8. The number of aliphatic hydroxyl groups excluding tert-OH is 3. The van der Waals surface area contributed by atoms with E-state index in [4.69, 9.17) is 33.2 Å². The number of likely N-dealkylation sites (tertiary alicyclic amines) is 1. The summed E-state index contributed by atoms with van der Waals surface area (Å²) < 4.78 is 66.6. The molecule has 0 saturated carbocycles. The number of hydrogen-bond acceptors (Lipinski definition) is 15. The topological polar surface area (TPSA) is 188 Å². The summed E-state index contributed by atoms with van der Waals surface area (Å²) in [6, 6.07) is 13.9. The van der Waals surface area contributed by atoms with Crippen LogP contribution < -0.4 is 18.9 Å². The maximum Gasteiger partial charge on any atom is 0.310 e. The van der Waals surface area contributed by atoms with E-state index in [-0.39, 0.29) is 79.0 Å². The number of ether oxygens (including phenoxy) is 7. The second kappa shape index (κ2) is 21.7. The molecule has 1 unspecified atom stereocenters. The van der Waals surface area contributed by atoms with Crippen LogP contribution in [0.3, 0.4) is 0 Å². The van der Waals surface area contributed by atoms with Gasteiger partial charge in [-0.05, 0) is 96.7 Å². The van der Waals surface area contributed by atoms with Crippen LogP contribution >= 0.6 is 8.02 Å². The molecule has 2 aliphatic carbocycles.